The highest BCUT2D eigenvalue weighted by atomic mass is 16.5. The molecule has 6 nitrogen and oxygen atoms in total. The third kappa shape index (κ3) is 3.37. The number of fused-ring (bicyclic) bond motifs is 5. The number of aliphatic hydroxyl groups excluding tert-OH is 2. The lowest BCUT2D eigenvalue weighted by atomic mass is 9.42. The van der Waals surface area contributed by atoms with Crippen LogP contribution in [0.5, 0.6) is 0 Å². The van der Waals surface area contributed by atoms with Gasteiger partial charge < -0.3 is 25.4 Å². The molecule has 12 atom stereocenters. The third-order valence-electron chi connectivity index (χ3n) is 11.8. The monoisotopic (exact) mass is 463 g/mol. The van der Waals surface area contributed by atoms with E-state index in [2.05, 4.69) is 13.8 Å². The van der Waals surface area contributed by atoms with Crippen molar-refractivity contribution in [1.82, 2.24) is 0 Å². The summed E-state index contributed by atoms with van der Waals surface area (Å²) in [6.45, 7) is 6.69. The molecule has 4 saturated carbocycles. The SMILES string of the molecule is COC(=O)[C@H]1CC[C@@]2(N)[C@@H]3CC[C@@H]4C[C@@H]([C@H]5O[C@@H](C)[C@H](O)C[C@H]5O)CC[C@]4(C)[C@H]3CC[C@]12C. The molecule has 0 amide bonds. The Morgan fingerprint density at radius 3 is 2.45 bits per heavy atom. The Labute approximate surface area is 199 Å². The Bertz CT molecular complexity index is 776. The molecule has 0 radical (unpaired) electrons. The van der Waals surface area contributed by atoms with Crippen molar-refractivity contribution in [2.75, 3.05) is 7.11 Å². The molecule has 0 aromatic rings. The van der Waals surface area contributed by atoms with E-state index in [1.807, 2.05) is 6.92 Å². The zero-order valence-electron chi connectivity index (χ0n) is 21.0. The Morgan fingerprint density at radius 1 is 0.970 bits per heavy atom. The van der Waals surface area contributed by atoms with Gasteiger partial charge >= 0.3 is 5.97 Å². The Hall–Kier alpha value is -0.690. The van der Waals surface area contributed by atoms with Crippen LogP contribution >= 0.6 is 0 Å². The number of hydrogen-bond donors (Lipinski definition) is 3. The molecule has 188 valence electrons. The number of nitrogens with two attached hydrogens (primary N) is 1. The summed E-state index contributed by atoms with van der Waals surface area (Å²) >= 11 is 0. The predicted octanol–water partition coefficient (Wildman–Crippen LogP) is 3.42. The number of aliphatic hydroxyl groups is 2. The molecule has 0 bridgehead atoms. The van der Waals surface area contributed by atoms with Crippen LogP contribution in [-0.4, -0.2) is 53.2 Å². The van der Waals surface area contributed by atoms with Crippen LogP contribution < -0.4 is 5.73 Å². The number of hydrogen-bond acceptors (Lipinski definition) is 6. The van der Waals surface area contributed by atoms with Crippen molar-refractivity contribution in [1.29, 1.82) is 0 Å². The second kappa shape index (κ2) is 8.18. The van der Waals surface area contributed by atoms with Crippen LogP contribution in [0.1, 0.15) is 85.0 Å². The minimum absolute atomic E-state index is 0.0722. The van der Waals surface area contributed by atoms with Gasteiger partial charge in [0.05, 0.1) is 37.4 Å². The standard InChI is InChI=1S/C27H45NO5/c1-15-21(29)14-22(30)23(33-15)16-7-10-25(2)17(13-16)5-6-19-18(25)8-11-26(3)20(24(31)32-4)9-12-27(19,26)28/h15-23,29-30H,5-14,28H2,1-4H3/t15-,16-,17+,18-,19+,20+,21+,22+,23+,25-,26+,27+/m0/s1. The minimum Gasteiger partial charge on any atom is -0.469 e. The van der Waals surface area contributed by atoms with Crippen molar-refractivity contribution in [3.63, 3.8) is 0 Å². The summed E-state index contributed by atoms with van der Waals surface area (Å²) in [5.41, 5.74) is 7.14. The van der Waals surface area contributed by atoms with Gasteiger partial charge in [-0.25, -0.2) is 0 Å². The van der Waals surface area contributed by atoms with Crippen LogP contribution in [0, 0.1) is 40.4 Å². The molecule has 1 saturated heterocycles. The van der Waals surface area contributed by atoms with E-state index in [1.54, 1.807) is 0 Å². The molecule has 0 aromatic heterocycles. The molecule has 0 aromatic carbocycles. The van der Waals surface area contributed by atoms with E-state index in [-0.39, 0.29) is 40.5 Å². The molecule has 5 aliphatic rings. The summed E-state index contributed by atoms with van der Waals surface area (Å²) in [6.07, 6.45) is 8.49. The van der Waals surface area contributed by atoms with E-state index < -0.39 is 12.2 Å². The quantitative estimate of drug-likeness (QED) is 0.543. The normalized spacial score (nSPS) is 56.4. The van der Waals surface area contributed by atoms with Gasteiger partial charge in [0.1, 0.15) is 0 Å². The first-order chi connectivity index (χ1) is 15.5. The average molecular weight is 464 g/mol. The molecule has 1 heterocycles. The van der Waals surface area contributed by atoms with E-state index in [0.717, 1.165) is 51.4 Å². The molecule has 5 rings (SSSR count). The van der Waals surface area contributed by atoms with Crippen LogP contribution in [0.25, 0.3) is 0 Å². The molecule has 4 N–H and O–H groups in total. The van der Waals surface area contributed by atoms with E-state index in [0.29, 0.717) is 30.1 Å². The van der Waals surface area contributed by atoms with Crippen molar-refractivity contribution in [3.8, 4) is 0 Å². The van der Waals surface area contributed by atoms with Crippen LogP contribution in [0.4, 0.5) is 0 Å². The summed E-state index contributed by atoms with van der Waals surface area (Å²) in [4.78, 5) is 12.6. The van der Waals surface area contributed by atoms with Crippen LogP contribution in [0.15, 0.2) is 0 Å². The van der Waals surface area contributed by atoms with Gasteiger partial charge in [0.25, 0.3) is 0 Å². The number of methoxy groups -OCH3 is 1. The first-order valence-electron chi connectivity index (χ1n) is 13.4. The summed E-state index contributed by atoms with van der Waals surface area (Å²) < 4.78 is 11.3. The molecule has 6 heteroatoms. The van der Waals surface area contributed by atoms with E-state index in [9.17, 15) is 15.0 Å². The fourth-order valence-corrected chi connectivity index (χ4v) is 9.61. The van der Waals surface area contributed by atoms with Gasteiger partial charge in [-0.3, -0.25) is 4.79 Å². The van der Waals surface area contributed by atoms with Gasteiger partial charge in [0.15, 0.2) is 0 Å². The van der Waals surface area contributed by atoms with Gasteiger partial charge in [-0.1, -0.05) is 13.8 Å². The summed E-state index contributed by atoms with van der Waals surface area (Å²) in [5.74, 6) is 1.91. The van der Waals surface area contributed by atoms with Crippen molar-refractivity contribution in [3.05, 3.63) is 0 Å². The maximum atomic E-state index is 12.6. The van der Waals surface area contributed by atoms with E-state index in [1.165, 1.54) is 13.5 Å². The second-order valence-electron chi connectivity index (χ2n) is 12.8. The molecular weight excluding hydrogens is 418 g/mol. The molecule has 0 unspecified atom stereocenters. The number of rotatable bonds is 2. The fraction of sp³-hybridized carbons (Fsp3) is 0.963. The summed E-state index contributed by atoms with van der Waals surface area (Å²) in [7, 11) is 1.51. The number of carbonyl (C=O) groups excluding carboxylic acids is 1. The number of esters is 1. The molecule has 4 aliphatic carbocycles. The molecule has 5 fully saturated rings. The summed E-state index contributed by atoms with van der Waals surface area (Å²) in [5, 5.41) is 20.8. The lowest BCUT2D eigenvalue weighted by Gasteiger charge is -2.64. The minimum atomic E-state index is -0.571. The van der Waals surface area contributed by atoms with Crippen molar-refractivity contribution >= 4 is 5.97 Å². The highest BCUT2D eigenvalue weighted by Gasteiger charge is 2.67. The van der Waals surface area contributed by atoms with Crippen molar-refractivity contribution in [2.45, 2.75) is 115 Å². The second-order valence-corrected chi connectivity index (χ2v) is 12.8. The lowest BCUT2D eigenvalue weighted by molar-refractivity contribution is -0.197. The summed E-state index contributed by atoms with van der Waals surface area (Å²) in [6, 6.07) is 0. The van der Waals surface area contributed by atoms with Gasteiger partial charge in [0, 0.05) is 12.0 Å². The maximum absolute atomic E-state index is 12.6. The average Bonchev–Trinajstić information content (AvgIpc) is 3.06. The van der Waals surface area contributed by atoms with Gasteiger partial charge in [0.2, 0.25) is 0 Å². The number of carbonyl (C=O) groups is 1. The van der Waals surface area contributed by atoms with Gasteiger partial charge in [-0.15, -0.1) is 0 Å². The molecular formula is C27H45NO5. The number of ether oxygens (including phenoxy) is 2. The van der Waals surface area contributed by atoms with Gasteiger partial charge in [-0.2, -0.15) is 0 Å². The third-order valence-corrected chi connectivity index (χ3v) is 11.8. The zero-order chi connectivity index (χ0) is 23.8. The first-order valence-corrected chi connectivity index (χ1v) is 13.4. The first kappa shape index (κ1) is 24.0. The topological polar surface area (TPSA) is 102 Å². The molecule has 33 heavy (non-hydrogen) atoms. The smallest absolute Gasteiger partial charge is 0.309 e. The van der Waals surface area contributed by atoms with Crippen LogP contribution in [0.3, 0.4) is 0 Å². The fourth-order valence-electron chi connectivity index (χ4n) is 9.61. The van der Waals surface area contributed by atoms with Crippen LogP contribution in [-0.2, 0) is 14.3 Å². The van der Waals surface area contributed by atoms with Crippen LogP contribution in [0.2, 0.25) is 0 Å². The predicted molar refractivity (Wildman–Crippen MR) is 125 cm³/mol. The lowest BCUT2D eigenvalue weighted by Crippen LogP contribution is -2.67. The molecule has 0 spiro atoms. The highest BCUT2D eigenvalue weighted by molar-refractivity contribution is 5.74. The Balaban J connectivity index is 1.34. The van der Waals surface area contributed by atoms with Crippen molar-refractivity contribution in [2.24, 2.45) is 46.2 Å². The Kier molecular flexibility index (Phi) is 5.95. The van der Waals surface area contributed by atoms with E-state index >= 15 is 0 Å². The van der Waals surface area contributed by atoms with Gasteiger partial charge in [-0.05, 0) is 99.2 Å². The maximum Gasteiger partial charge on any atom is 0.309 e. The zero-order valence-corrected chi connectivity index (χ0v) is 21.0. The molecule has 1 aliphatic heterocycles. The van der Waals surface area contributed by atoms with Crippen molar-refractivity contribution < 1.29 is 24.5 Å². The highest BCUT2D eigenvalue weighted by Crippen LogP contribution is 2.68. The Morgan fingerprint density at radius 2 is 1.73 bits per heavy atom. The van der Waals surface area contributed by atoms with E-state index in [4.69, 9.17) is 15.2 Å². The largest absolute Gasteiger partial charge is 0.469 e.